The van der Waals surface area contributed by atoms with Gasteiger partial charge in [-0.05, 0) is 36.4 Å². The third-order valence-electron chi connectivity index (χ3n) is 4.02. The molecule has 0 amide bonds. The Bertz CT molecular complexity index is 359. The van der Waals surface area contributed by atoms with E-state index in [0.29, 0.717) is 6.04 Å². The standard InChI is InChI=1S/C15H22N2/c1-2-16-15(12-7-8-12)11-17-9-13-5-3-4-6-14(13)10-17/h3-6,12,15-16H,2,7-11H2,1H3. The predicted octanol–water partition coefficient (Wildman–Crippen LogP) is 2.39. The van der Waals surface area contributed by atoms with Gasteiger partial charge in [-0.3, -0.25) is 4.90 Å². The van der Waals surface area contributed by atoms with Gasteiger partial charge in [-0.25, -0.2) is 0 Å². The molecule has 1 aromatic carbocycles. The van der Waals surface area contributed by atoms with Crippen LogP contribution in [0.5, 0.6) is 0 Å². The van der Waals surface area contributed by atoms with Gasteiger partial charge in [0.25, 0.3) is 0 Å². The highest BCUT2D eigenvalue weighted by molar-refractivity contribution is 5.30. The fourth-order valence-corrected chi connectivity index (χ4v) is 2.95. The summed E-state index contributed by atoms with van der Waals surface area (Å²) in [4.78, 5) is 2.59. The zero-order chi connectivity index (χ0) is 11.7. The molecule has 0 radical (unpaired) electrons. The van der Waals surface area contributed by atoms with Gasteiger partial charge in [0.2, 0.25) is 0 Å². The quantitative estimate of drug-likeness (QED) is 0.835. The van der Waals surface area contributed by atoms with Crippen molar-refractivity contribution in [3.8, 4) is 0 Å². The lowest BCUT2D eigenvalue weighted by molar-refractivity contribution is 0.237. The number of hydrogen-bond donors (Lipinski definition) is 1. The normalized spacial score (nSPS) is 21.5. The van der Waals surface area contributed by atoms with Crippen LogP contribution in [-0.4, -0.2) is 24.0 Å². The number of fused-ring (bicyclic) bond motifs is 1. The zero-order valence-electron chi connectivity index (χ0n) is 10.7. The highest BCUT2D eigenvalue weighted by Crippen LogP contribution is 2.34. The van der Waals surface area contributed by atoms with E-state index in [1.54, 1.807) is 0 Å². The largest absolute Gasteiger partial charge is 0.313 e. The molecule has 1 heterocycles. The third kappa shape index (κ3) is 2.53. The van der Waals surface area contributed by atoms with Gasteiger partial charge < -0.3 is 5.32 Å². The highest BCUT2D eigenvalue weighted by Gasteiger charge is 2.32. The summed E-state index contributed by atoms with van der Waals surface area (Å²) in [6.07, 6.45) is 2.86. The molecule has 3 rings (SSSR count). The predicted molar refractivity (Wildman–Crippen MR) is 70.7 cm³/mol. The molecule has 0 bridgehead atoms. The van der Waals surface area contributed by atoms with Gasteiger partial charge in [-0.15, -0.1) is 0 Å². The van der Waals surface area contributed by atoms with Crippen LogP contribution in [0.15, 0.2) is 24.3 Å². The van der Waals surface area contributed by atoms with Crippen LogP contribution in [0, 0.1) is 5.92 Å². The minimum Gasteiger partial charge on any atom is -0.313 e. The van der Waals surface area contributed by atoms with E-state index in [-0.39, 0.29) is 0 Å². The molecule has 2 nitrogen and oxygen atoms in total. The van der Waals surface area contributed by atoms with E-state index in [1.165, 1.54) is 30.5 Å². The molecule has 1 aromatic rings. The van der Waals surface area contributed by atoms with Gasteiger partial charge in [-0.2, -0.15) is 0 Å². The molecule has 1 N–H and O–H groups in total. The van der Waals surface area contributed by atoms with Crippen LogP contribution in [0.2, 0.25) is 0 Å². The Morgan fingerprint density at radius 2 is 1.88 bits per heavy atom. The van der Waals surface area contributed by atoms with Crippen LogP contribution < -0.4 is 5.32 Å². The van der Waals surface area contributed by atoms with Gasteiger partial charge >= 0.3 is 0 Å². The Labute approximate surface area is 104 Å². The van der Waals surface area contributed by atoms with Crippen molar-refractivity contribution in [1.29, 1.82) is 0 Å². The number of nitrogens with zero attached hydrogens (tertiary/aromatic N) is 1. The first-order valence-electron chi connectivity index (χ1n) is 6.89. The maximum absolute atomic E-state index is 3.66. The number of benzene rings is 1. The number of likely N-dealkylation sites (N-methyl/N-ethyl adjacent to an activating group) is 1. The van der Waals surface area contributed by atoms with Crippen LogP contribution in [0.3, 0.4) is 0 Å². The van der Waals surface area contributed by atoms with Crippen molar-refractivity contribution in [2.75, 3.05) is 13.1 Å². The molecule has 1 aliphatic heterocycles. The van der Waals surface area contributed by atoms with E-state index in [1.807, 2.05) is 0 Å². The fraction of sp³-hybridized carbons (Fsp3) is 0.600. The molecule has 1 unspecified atom stereocenters. The monoisotopic (exact) mass is 230 g/mol. The first-order valence-corrected chi connectivity index (χ1v) is 6.89. The van der Waals surface area contributed by atoms with Crippen molar-refractivity contribution in [3.63, 3.8) is 0 Å². The zero-order valence-corrected chi connectivity index (χ0v) is 10.7. The van der Waals surface area contributed by atoms with Gasteiger partial charge in [0, 0.05) is 25.7 Å². The molecule has 92 valence electrons. The van der Waals surface area contributed by atoms with Crippen molar-refractivity contribution in [1.82, 2.24) is 10.2 Å². The van der Waals surface area contributed by atoms with Crippen LogP contribution >= 0.6 is 0 Å². The number of rotatable bonds is 5. The Hall–Kier alpha value is -0.860. The van der Waals surface area contributed by atoms with Crippen molar-refractivity contribution in [2.24, 2.45) is 5.92 Å². The van der Waals surface area contributed by atoms with Gasteiger partial charge in [-0.1, -0.05) is 31.2 Å². The molecule has 1 atom stereocenters. The molecule has 0 spiro atoms. The minimum atomic E-state index is 0.717. The van der Waals surface area contributed by atoms with Crippen LogP contribution in [-0.2, 0) is 13.1 Å². The molecule has 0 aromatic heterocycles. The summed E-state index contributed by atoms with van der Waals surface area (Å²) < 4.78 is 0. The van der Waals surface area contributed by atoms with Gasteiger partial charge in [0.05, 0.1) is 0 Å². The summed E-state index contributed by atoms with van der Waals surface area (Å²) in [6, 6.07) is 9.58. The maximum atomic E-state index is 3.66. The Balaban J connectivity index is 1.60. The molecule has 1 saturated carbocycles. The molecule has 0 saturated heterocycles. The lowest BCUT2D eigenvalue weighted by atomic mass is 10.1. The fourth-order valence-electron chi connectivity index (χ4n) is 2.95. The van der Waals surface area contributed by atoms with Crippen molar-refractivity contribution < 1.29 is 0 Å². The van der Waals surface area contributed by atoms with E-state index >= 15 is 0 Å². The SMILES string of the molecule is CCNC(CN1Cc2ccccc2C1)C1CC1. The van der Waals surface area contributed by atoms with Crippen molar-refractivity contribution in [3.05, 3.63) is 35.4 Å². The summed E-state index contributed by atoms with van der Waals surface area (Å²) in [7, 11) is 0. The topological polar surface area (TPSA) is 15.3 Å². The Morgan fingerprint density at radius 1 is 1.24 bits per heavy atom. The van der Waals surface area contributed by atoms with Crippen molar-refractivity contribution >= 4 is 0 Å². The smallest absolute Gasteiger partial charge is 0.0241 e. The summed E-state index contributed by atoms with van der Waals surface area (Å²) in [5.74, 6) is 0.943. The molecule has 1 aliphatic carbocycles. The van der Waals surface area contributed by atoms with E-state index < -0.39 is 0 Å². The summed E-state index contributed by atoms with van der Waals surface area (Å²) in [5, 5.41) is 3.66. The lowest BCUT2D eigenvalue weighted by Crippen LogP contribution is -2.40. The van der Waals surface area contributed by atoms with E-state index in [2.05, 4.69) is 41.4 Å². The Kier molecular flexibility index (Phi) is 3.17. The van der Waals surface area contributed by atoms with Gasteiger partial charge in [0.1, 0.15) is 0 Å². The second-order valence-electron chi connectivity index (χ2n) is 5.44. The summed E-state index contributed by atoms with van der Waals surface area (Å²) in [5.41, 5.74) is 3.05. The van der Waals surface area contributed by atoms with E-state index in [0.717, 1.165) is 25.6 Å². The van der Waals surface area contributed by atoms with Crippen LogP contribution in [0.4, 0.5) is 0 Å². The second-order valence-corrected chi connectivity index (χ2v) is 5.44. The van der Waals surface area contributed by atoms with Crippen LogP contribution in [0.1, 0.15) is 30.9 Å². The molecular formula is C15H22N2. The van der Waals surface area contributed by atoms with Gasteiger partial charge in [0.15, 0.2) is 0 Å². The first-order chi connectivity index (χ1) is 8.36. The molecule has 2 aliphatic rings. The number of hydrogen-bond acceptors (Lipinski definition) is 2. The van der Waals surface area contributed by atoms with Crippen molar-refractivity contribution in [2.45, 2.75) is 38.9 Å². The molecule has 2 heteroatoms. The maximum Gasteiger partial charge on any atom is 0.0241 e. The van der Waals surface area contributed by atoms with Crippen LogP contribution in [0.25, 0.3) is 0 Å². The first kappa shape index (κ1) is 11.2. The molecular weight excluding hydrogens is 208 g/mol. The average molecular weight is 230 g/mol. The summed E-state index contributed by atoms with van der Waals surface area (Å²) in [6.45, 7) is 6.82. The molecule has 1 fully saturated rings. The molecule has 17 heavy (non-hydrogen) atoms. The summed E-state index contributed by atoms with van der Waals surface area (Å²) >= 11 is 0. The minimum absolute atomic E-state index is 0.717. The van der Waals surface area contributed by atoms with E-state index in [4.69, 9.17) is 0 Å². The Morgan fingerprint density at radius 3 is 2.41 bits per heavy atom. The highest BCUT2D eigenvalue weighted by atomic mass is 15.2. The second kappa shape index (κ2) is 4.79. The lowest BCUT2D eigenvalue weighted by Gasteiger charge is -2.24. The van der Waals surface area contributed by atoms with E-state index in [9.17, 15) is 0 Å². The third-order valence-corrected chi connectivity index (χ3v) is 4.02. The number of nitrogens with one attached hydrogen (secondary N) is 1. The average Bonchev–Trinajstić information content (AvgIpc) is 3.09.